The summed E-state index contributed by atoms with van der Waals surface area (Å²) in [6.45, 7) is 9.31. The first-order valence-corrected chi connectivity index (χ1v) is 9.32. The number of anilines is 1. The van der Waals surface area contributed by atoms with Crippen LogP contribution < -0.4 is 5.32 Å². The Bertz CT molecular complexity index is 674. The summed E-state index contributed by atoms with van der Waals surface area (Å²) < 4.78 is 2.00. The molecule has 136 valence electrons. The largest absolute Gasteiger partial charge is 0.393 e. The van der Waals surface area contributed by atoms with E-state index in [1.807, 2.05) is 10.9 Å². The standard InChI is InChI=1S/C20H30N4O/c1-15(2)24-14-18(12-21-24)16(3)22-20-7-5-4-6-17(20)13-23-10-8-19(25)9-11-23/h4-7,12,14-16,19,22,25H,8-11,13H2,1-3H3. The lowest BCUT2D eigenvalue weighted by atomic mass is 10.1. The zero-order chi connectivity index (χ0) is 17.8. The average Bonchev–Trinajstić information content (AvgIpc) is 3.09. The van der Waals surface area contributed by atoms with Gasteiger partial charge in [0.1, 0.15) is 0 Å². The minimum atomic E-state index is -0.123. The van der Waals surface area contributed by atoms with Gasteiger partial charge >= 0.3 is 0 Å². The van der Waals surface area contributed by atoms with Crippen LogP contribution in [0.3, 0.4) is 0 Å². The molecule has 1 saturated heterocycles. The summed E-state index contributed by atoms with van der Waals surface area (Å²) in [5.41, 5.74) is 3.69. The van der Waals surface area contributed by atoms with Crippen LogP contribution in [0, 0.1) is 0 Å². The maximum atomic E-state index is 9.69. The van der Waals surface area contributed by atoms with Gasteiger partial charge in [0, 0.05) is 43.1 Å². The van der Waals surface area contributed by atoms with Crippen molar-refractivity contribution >= 4 is 5.69 Å². The number of rotatable bonds is 6. The highest BCUT2D eigenvalue weighted by atomic mass is 16.3. The second-order valence-corrected chi connectivity index (χ2v) is 7.38. The van der Waals surface area contributed by atoms with Crippen molar-refractivity contribution in [1.29, 1.82) is 0 Å². The minimum Gasteiger partial charge on any atom is -0.393 e. The molecule has 0 spiro atoms. The fourth-order valence-electron chi connectivity index (χ4n) is 3.29. The molecule has 0 saturated carbocycles. The first kappa shape index (κ1) is 18.0. The molecule has 2 heterocycles. The number of hydrogen-bond donors (Lipinski definition) is 2. The van der Waals surface area contributed by atoms with Crippen LogP contribution in [0.25, 0.3) is 0 Å². The van der Waals surface area contributed by atoms with Crippen molar-refractivity contribution in [3.05, 3.63) is 47.8 Å². The van der Waals surface area contributed by atoms with Gasteiger partial charge in [-0.2, -0.15) is 5.10 Å². The molecule has 1 aliphatic heterocycles. The first-order valence-electron chi connectivity index (χ1n) is 9.32. The van der Waals surface area contributed by atoms with E-state index in [4.69, 9.17) is 0 Å². The highest BCUT2D eigenvalue weighted by Gasteiger charge is 2.18. The molecule has 0 radical (unpaired) electrons. The molecule has 3 rings (SSSR count). The molecule has 1 fully saturated rings. The third-order valence-electron chi connectivity index (χ3n) is 4.99. The van der Waals surface area contributed by atoms with Crippen LogP contribution in [0.5, 0.6) is 0 Å². The zero-order valence-corrected chi connectivity index (χ0v) is 15.5. The summed E-state index contributed by atoms with van der Waals surface area (Å²) in [7, 11) is 0. The van der Waals surface area contributed by atoms with Gasteiger partial charge in [0.05, 0.1) is 18.3 Å². The number of aromatic nitrogens is 2. The molecule has 25 heavy (non-hydrogen) atoms. The normalized spacial score (nSPS) is 17.8. The molecule has 1 unspecified atom stereocenters. The first-order chi connectivity index (χ1) is 12.0. The number of aliphatic hydroxyl groups excluding tert-OH is 1. The molecule has 1 aromatic carbocycles. The molecule has 5 nitrogen and oxygen atoms in total. The third-order valence-corrected chi connectivity index (χ3v) is 4.99. The van der Waals surface area contributed by atoms with Gasteiger partial charge in [-0.25, -0.2) is 0 Å². The van der Waals surface area contributed by atoms with Crippen LogP contribution in [0.15, 0.2) is 36.7 Å². The number of nitrogens with zero attached hydrogens (tertiary/aromatic N) is 3. The number of hydrogen-bond acceptors (Lipinski definition) is 4. The fourth-order valence-corrected chi connectivity index (χ4v) is 3.29. The fraction of sp³-hybridized carbons (Fsp3) is 0.550. The van der Waals surface area contributed by atoms with E-state index in [0.717, 1.165) is 32.5 Å². The number of piperidine rings is 1. The van der Waals surface area contributed by atoms with Crippen LogP contribution in [0.1, 0.15) is 56.8 Å². The van der Waals surface area contributed by atoms with Gasteiger partial charge in [-0.1, -0.05) is 18.2 Å². The lowest BCUT2D eigenvalue weighted by Gasteiger charge is -2.30. The van der Waals surface area contributed by atoms with E-state index < -0.39 is 0 Å². The van der Waals surface area contributed by atoms with Crippen LogP contribution in [0.2, 0.25) is 0 Å². The molecule has 1 atom stereocenters. The van der Waals surface area contributed by atoms with Crippen molar-refractivity contribution in [2.75, 3.05) is 18.4 Å². The summed E-state index contributed by atoms with van der Waals surface area (Å²) in [6, 6.07) is 9.10. The van der Waals surface area contributed by atoms with Gasteiger partial charge in [-0.05, 0) is 45.2 Å². The Kier molecular flexibility index (Phi) is 5.76. The molecule has 2 N–H and O–H groups in total. The number of benzene rings is 1. The van der Waals surface area contributed by atoms with Crippen LogP contribution in [0.4, 0.5) is 5.69 Å². The van der Waals surface area contributed by atoms with E-state index in [1.54, 1.807) is 0 Å². The molecule has 0 amide bonds. The van der Waals surface area contributed by atoms with Gasteiger partial charge in [0.25, 0.3) is 0 Å². The Hall–Kier alpha value is -1.85. The zero-order valence-electron chi connectivity index (χ0n) is 15.5. The van der Waals surface area contributed by atoms with Crippen molar-refractivity contribution < 1.29 is 5.11 Å². The molecular formula is C20H30N4O. The van der Waals surface area contributed by atoms with Crippen molar-refractivity contribution in [1.82, 2.24) is 14.7 Å². The van der Waals surface area contributed by atoms with Gasteiger partial charge in [0.2, 0.25) is 0 Å². The van der Waals surface area contributed by atoms with Crippen LogP contribution in [-0.2, 0) is 6.54 Å². The summed E-state index contributed by atoms with van der Waals surface area (Å²) >= 11 is 0. The molecule has 1 aromatic heterocycles. The minimum absolute atomic E-state index is 0.123. The Balaban J connectivity index is 1.67. The van der Waals surface area contributed by atoms with E-state index in [2.05, 4.69) is 66.5 Å². The van der Waals surface area contributed by atoms with E-state index in [-0.39, 0.29) is 12.1 Å². The SMILES string of the molecule is CC(Nc1ccccc1CN1CCC(O)CC1)c1cnn(C(C)C)c1. The smallest absolute Gasteiger partial charge is 0.0564 e. The predicted octanol–water partition coefficient (Wildman–Crippen LogP) is 3.59. The summed E-state index contributed by atoms with van der Waals surface area (Å²) in [4.78, 5) is 2.43. The van der Waals surface area contributed by atoms with Gasteiger partial charge in [-0.3, -0.25) is 9.58 Å². The predicted molar refractivity (Wildman–Crippen MR) is 102 cm³/mol. The average molecular weight is 342 g/mol. The highest BCUT2D eigenvalue weighted by molar-refractivity contribution is 5.52. The number of para-hydroxylation sites is 1. The number of nitrogens with one attached hydrogen (secondary N) is 1. The van der Waals surface area contributed by atoms with Crippen molar-refractivity contribution in [3.8, 4) is 0 Å². The summed E-state index contributed by atoms with van der Waals surface area (Å²) in [6.07, 6.45) is 5.70. The lowest BCUT2D eigenvalue weighted by Crippen LogP contribution is -2.35. The maximum Gasteiger partial charge on any atom is 0.0564 e. The molecule has 0 aliphatic carbocycles. The maximum absolute atomic E-state index is 9.69. The third kappa shape index (κ3) is 4.61. The summed E-state index contributed by atoms with van der Waals surface area (Å²) in [5, 5.41) is 17.8. The van der Waals surface area contributed by atoms with E-state index >= 15 is 0 Å². The Morgan fingerprint density at radius 3 is 2.60 bits per heavy atom. The molecule has 2 aromatic rings. The van der Waals surface area contributed by atoms with E-state index in [0.29, 0.717) is 6.04 Å². The van der Waals surface area contributed by atoms with Crippen LogP contribution >= 0.6 is 0 Å². The van der Waals surface area contributed by atoms with Crippen molar-refractivity contribution in [2.24, 2.45) is 0 Å². The van der Waals surface area contributed by atoms with Crippen molar-refractivity contribution in [3.63, 3.8) is 0 Å². The van der Waals surface area contributed by atoms with E-state index in [1.165, 1.54) is 16.8 Å². The van der Waals surface area contributed by atoms with Crippen LogP contribution in [-0.4, -0.2) is 39.0 Å². The molecule has 0 bridgehead atoms. The van der Waals surface area contributed by atoms with Gasteiger partial charge < -0.3 is 10.4 Å². The van der Waals surface area contributed by atoms with E-state index in [9.17, 15) is 5.11 Å². The molecular weight excluding hydrogens is 312 g/mol. The summed E-state index contributed by atoms with van der Waals surface area (Å²) in [5.74, 6) is 0. The Morgan fingerprint density at radius 2 is 1.92 bits per heavy atom. The highest BCUT2D eigenvalue weighted by Crippen LogP contribution is 2.25. The van der Waals surface area contributed by atoms with Gasteiger partial charge in [-0.15, -0.1) is 0 Å². The topological polar surface area (TPSA) is 53.3 Å². The van der Waals surface area contributed by atoms with Crippen molar-refractivity contribution in [2.45, 2.75) is 58.3 Å². The monoisotopic (exact) mass is 342 g/mol. The lowest BCUT2D eigenvalue weighted by molar-refractivity contribution is 0.0793. The molecule has 5 heteroatoms. The Labute approximate surface area is 150 Å². The second kappa shape index (κ2) is 8.02. The Morgan fingerprint density at radius 1 is 1.20 bits per heavy atom. The second-order valence-electron chi connectivity index (χ2n) is 7.38. The molecule has 1 aliphatic rings. The number of likely N-dealkylation sites (tertiary alicyclic amines) is 1. The quantitative estimate of drug-likeness (QED) is 0.842. The number of aliphatic hydroxyl groups is 1. The van der Waals surface area contributed by atoms with Gasteiger partial charge in [0.15, 0.2) is 0 Å².